The molecule has 2 aromatic carbocycles. The van der Waals surface area contributed by atoms with Gasteiger partial charge in [0, 0.05) is 23.0 Å². The third kappa shape index (κ3) is 4.80. The highest BCUT2D eigenvalue weighted by Gasteiger charge is 2.13. The second-order valence-corrected chi connectivity index (χ2v) is 6.01. The molecular weight excluding hydrogens is 302 g/mol. The molecule has 0 aliphatic rings. The molecule has 0 aliphatic heterocycles. The van der Waals surface area contributed by atoms with Crippen molar-refractivity contribution in [3.8, 4) is 0 Å². The monoisotopic (exact) mass is 319 g/mol. The fourth-order valence-corrected chi connectivity index (χ4v) is 3.01. The Hall–Kier alpha value is -1.45. The molecule has 0 spiro atoms. The number of halogens is 1. The lowest BCUT2D eigenvalue weighted by Crippen LogP contribution is -2.32. The largest absolute Gasteiger partial charge is 0.312 e. The standard InChI is InChI=1S/C17H18ClNOS/c1-2-19(16-6-4-3-5-7-16)17(20)13-21-12-14-8-10-15(18)11-9-14/h3-11H,2,12-13H2,1H3. The fraction of sp³-hybridized carbons (Fsp3) is 0.235. The molecule has 0 saturated heterocycles. The highest BCUT2D eigenvalue weighted by atomic mass is 35.5. The molecule has 110 valence electrons. The first-order valence-electron chi connectivity index (χ1n) is 6.88. The minimum atomic E-state index is 0.141. The quantitative estimate of drug-likeness (QED) is 0.774. The van der Waals surface area contributed by atoms with E-state index < -0.39 is 0 Å². The Morgan fingerprint density at radius 1 is 1.10 bits per heavy atom. The van der Waals surface area contributed by atoms with Crippen molar-refractivity contribution in [1.29, 1.82) is 0 Å². The van der Waals surface area contributed by atoms with Gasteiger partial charge in [0.25, 0.3) is 0 Å². The lowest BCUT2D eigenvalue weighted by Gasteiger charge is -2.20. The van der Waals surface area contributed by atoms with E-state index in [1.165, 1.54) is 5.56 Å². The van der Waals surface area contributed by atoms with E-state index in [2.05, 4.69) is 0 Å². The average Bonchev–Trinajstić information content (AvgIpc) is 2.51. The molecule has 4 heteroatoms. The molecule has 0 bridgehead atoms. The summed E-state index contributed by atoms with van der Waals surface area (Å²) < 4.78 is 0. The van der Waals surface area contributed by atoms with E-state index in [4.69, 9.17) is 11.6 Å². The van der Waals surface area contributed by atoms with Gasteiger partial charge in [-0.1, -0.05) is 41.9 Å². The minimum Gasteiger partial charge on any atom is -0.312 e. The van der Waals surface area contributed by atoms with Crippen molar-refractivity contribution < 1.29 is 4.79 Å². The topological polar surface area (TPSA) is 20.3 Å². The zero-order chi connectivity index (χ0) is 15.1. The Labute approximate surface area is 135 Å². The van der Waals surface area contributed by atoms with E-state index >= 15 is 0 Å². The number of benzene rings is 2. The molecule has 0 fully saturated rings. The molecule has 1 amide bonds. The van der Waals surface area contributed by atoms with Gasteiger partial charge in [0.05, 0.1) is 5.75 Å². The first-order valence-corrected chi connectivity index (χ1v) is 8.41. The van der Waals surface area contributed by atoms with Crippen molar-refractivity contribution in [2.24, 2.45) is 0 Å². The maximum absolute atomic E-state index is 12.3. The predicted molar refractivity (Wildman–Crippen MR) is 92.1 cm³/mol. The molecule has 2 nitrogen and oxygen atoms in total. The van der Waals surface area contributed by atoms with Crippen molar-refractivity contribution in [3.05, 3.63) is 65.2 Å². The van der Waals surface area contributed by atoms with E-state index in [1.54, 1.807) is 11.8 Å². The SMILES string of the molecule is CCN(C(=O)CSCc1ccc(Cl)cc1)c1ccccc1. The maximum atomic E-state index is 12.3. The number of hydrogen-bond acceptors (Lipinski definition) is 2. The van der Waals surface area contributed by atoms with Crippen LogP contribution in [0, 0.1) is 0 Å². The van der Waals surface area contributed by atoms with Crippen LogP contribution >= 0.6 is 23.4 Å². The van der Waals surface area contributed by atoms with Crippen molar-refractivity contribution in [2.45, 2.75) is 12.7 Å². The predicted octanol–water partition coefficient (Wildman–Crippen LogP) is 4.63. The molecule has 0 heterocycles. The summed E-state index contributed by atoms with van der Waals surface area (Å²) >= 11 is 7.48. The van der Waals surface area contributed by atoms with Crippen LogP contribution in [0.2, 0.25) is 5.02 Å². The van der Waals surface area contributed by atoms with Gasteiger partial charge in [-0.15, -0.1) is 11.8 Å². The van der Waals surface area contributed by atoms with Crippen LogP contribution < -0.4 is 4.90 Å². The number of hydrogen-bond donors (Lipinski definition) is 0. The van der Waals surface area contributed by atoms with Gasteiger partial charge in [0.2, 0.25) is 5.91 Å². The van der Waals surface area contributed by atoms with E-state index in [0.717, 1.165) is 16.5 Å². The van der Waals surface area contributed by atoms with E-state index in [-0.39, 0.29) is 5.91 Å². The number of anilines is 1. The van der Waals surface area contributed by atoms with Crippen LogP contribution in [-0.2, 0) is 10.5 Å². The summed E-state index contributed by atoms with van der Waals surface area (Å²) in [7, 11) is 0. The molecule has 0 unspecified atom stereocenters. The number of carbonyl (C=O) groups is 1. The number of para-hydroxylation sites is 1. The highest BCUT2D eigenvalue weighted by molar-refractivity contribution is 7.99. The van der Waals surface area contributed by atoms with Gasteiger partial charge in [0.1, 0.15) is 0 Å². The number of rotatable bonds is 6. The Bertz CT molecular complexity index is 571. The second kappa shape index (κ2) is 8.11. The molecule has 0 atom stereocenters. The number of thioether (sulfide) groups is 1. The summed E-state index contributed by atoms with van der Waals surface area (Å²) in [5, 5.41) is 0.737. The average molecular weight is 320 g/mol. The Kier molecular flexibility index (Phi) is 6.15. The first-order chi connectivity index (χ1) is 10.2. The lowest BCUT2D eigenvalue weighted by atomic mass is 10.2. The molecule has 21 heavy (non-hydrogen) atoms. The molecule has 2 aromatic rings. The molecule has 0 aromatic heterocycles. The van der Waals surface area contributed by atoms with Gasteiger partial charge >= 0.3 is 0 Å². The molecule has 0 aliphatic carbocycles. The van der Waals surface area contributed by atoms with E-state index in [1.807, 2.05) is 66.4 Å². The van der Waals surface area contributed by atoms with Crippen LogP contribution in [0.1, 0.15) is 12.5 Å². The van der Waals surface area contributed by atoms with Crippen molar-refractivity contribution in [1.82, 2.24) is 0 Å². The van der Waals surface area contributed by atoms with Crippen LogP contribution in [0.5, 0.6) is 0 Å². The third-order valence-electron chi connectivity index (χ3n) is 3.09. The summed E-state index contributed by atoms with van der Waals surface area (Å²) in [5.41, 5.74) is 2.14. The summed E-state index contributed by atoms with van der Waals surface area (Å²) in [6, 6.07) is 17.5. The summed E-state index contributed by atoms with van der Waals surface area (Å²) in [6.45, 7) is 2.68. The number of nitrogens with zero attached hydrogens (tertiary/aromatic N) is 1. The molecule has 2 rings (SSSR count). The third-order valence-corrected chi connectivity index (χ3v) is 4.33. The lowest BCUT2D eigenvalue weighted by molar-refractivity contribution is -0.116. The molecular formula is C17H18ClNOS. The van der Waals surface area contributed by atoms with Crippen LogP contribution in [0.25, 0.3) is 0 Å². The van der Waals surface area contributed by atoms with Crippen molar-refractivity contribution >= 4 is 35.0 Å². The normalized spacial score (nSPS) is 10.4. The Morgan fingerprint density at radius 2 is 1.76 bits per heavy atom. The zero-order valence-corrected chi connectivity index (χ0v) is 13.5. The van der Waals surface area contributed by atoms with Gasteiger partial charge in [0.15, 0.2) is 0 Å². The summed E-state index contributed by atoms with van der Waals surface area (Å²) in [4.78, 5) is 14.1. The van der Waals surface area contributed by atoms with E-state index in [9.17, 15) is 4.79 Å². The molecule has 0 N–H and O–H groups in total. The van der Waals surface area contributed by atoms with Gasteiger partial charge in [-0.3, -0.25) is 4.79 Å². The van der Waals surface area contributed by atoms with Gasteiger partial charge in [-0.2, -0.15) is 0 Å². The van der Waals surface area contributed by atoms with Gasteiger partial charge < -0.3 is 4.90 Å². The smallest absolute Gasteiger partial charge is 0.236 e. The van der Waals surface area contributed by atoms with Crippen LogP contribution in [-0.4, -0.2) is 18.2 Å². The van der Waals surface area contributed by atoms with Crippen molar-refractivity contribution in [3.63, 3.8) is 0 Å². The van der Waals surface area contributed by atoms with Crippen molar-refractivity contribution in [2.75, 3.05) is 17.2 Å². The number of carbonyl (C=O) groups excluding carboxylic acids is 1. The Balaban J connectivity index is 1.87. The number of amides is 1. The first kappa shape index (κ1) is 15.9. The van der Waals surface area contributed by atoms with Crippen LogP contribution in [0.3, 0.4) is 0 Å². The molecule has 0 radical (unpaired) electrons. The van der Waals surface area contributed by atoms with Gasteiger partial charge in [-0.05, 0) is 36.8 Å². The van der Waals surface area contributed by atoms with E-state index in [0.29, 0.717) is 12.3 Å². The fourth-order valence-electron chi connectivity index (χ4n) is 2.03. The minimum absolute atomic E-state index is 0.141. The van der Waals surface area contributed by atoms with Gasteiger partial charge in [-0.25, -0.2) is 0 Å². The maximum Gasteiger partial charge on any atom is 0.236 e. The van der Waals surface area contributed by atoms with Crippen LogP contribution in [0.4, 0.5) is 5.69 Å². The second-order valence-electron chi connectivity index (χ2n) is 4.59. The highest BCUT2D eigenvalue weighted by Crippen LogP contribution is 2.18. The summed E-state index contributed by atoms with van der Waals surface area (Å²) in [6.07, 6.45) is 0. The Morgan fingerprint density at radius 3 is 2.38 bits per heavy atom. The summed E-state index contributed by atoms with van der Waals surface area (Å²) in [5.74, 6) is 1.43. The van der Waals surface area contributed by atoms with Crippen LogP contribution in [0.15, 0.2) is 54.6 Å². The molecule has 0 saturated carbocycles. The zero-order valence-electron chi connectivity index (χ0n) is 12.0.